The minimum atomic E-state index is -0.474. The van der Waals surface area contributed by atoms with E-state index >= 15 is 0 Å². The summed E-state index contributed by atoms with van der Waals surface area (Å²) >= 11 is 0. The molecule has 1 heterocycles. The van der Waals surface area contributed by atoms with Crippen molar-refractivity contribution in [3.05, 3.63) is 22.4 Å². The lowest BCUT2D eigenvalue weighted by atomic mass is 10.2. The molecule has 0 amide bonds. The highest BCUT2D eigenvalue weighted by Crippen LogP contribution is 2.08. The number of aryl methyl sites for hydroxylation is 1. The van der Waals surface area contributed by atoms with Gasteiger partial charge < -0.3 is 5.32 Å². The van der Waals surface area contributed by atoms with E-state index in [1.807, 2.05) is 0 Å². The summed E-state index contributed by atoms with van der Waals surface area (Å²) in [5, 5.41) is 2.79. The molecule has 0 spiro atoms. The van der Waals surface area contributed by atoms with E-state index in [1.165, 1.54) is 17.8 Å². The Bertz CT molecular complexity index is 437. The van der Waals surface area contributed by atoms with Gasteiger partial charge in [0.2, 0.25) is 0 Å². The molecule has 0 aliphatic rings. The van der Waals surface area contributed by atoms with E-state index < -0.39 is 6.04 Å². The Balaban J connectivity index is 3.34. The maximum Gasteiger partial charge on any atom is 0.277 e. The zero-order valence-corrected chi connectivity index (χ0v) is 9.37. The number of ketones is 1. The molecule has 1 unspecified atom stereocenters. The van der Waals surface area contributed by atoms with E-state index in [1.54, 1.807) is 20.9 Å². The fourth-order valence-electron chi connectivity index (χ4n) is 1.31. The van der Waals surface area contributed by atoms with Crippen molar-refractivity contribution in [2.75, 3.05) is 12.4 Å². The molecule has 0 radical (unpaired) electrons. The number of rotatable bonds is 3. The number of Topliss-reactive ketones (excluding diaryl/α,β-unsaturated/α-hetero) is 1. The van der Waals surface area contributed by atoms with Crippen molar-refractivity contribution in [2.24, 2.45) is 0 Å². The van der Waals surface area contributed by atoms with Gasteiger partial charge >= 0.3 is 0 Å². The van der Waals surface area contributed by atoms with E-state index in [4.69, 9.17) is 0 Å². The van der Waals surface area contributed by atoms with E-state index in [9.17, 15) is 9.59 Å². The second-order valence-corrected chi connectivity index (χ2v) is 3.45. The van der Waals surface area contributed by atoms with Gasteiger partial charge in [-0.3, -0.25) is 14.2 Å². The van der Waals surface area contributed by atoms with Crippen LogP contribution in [0, 0.1) is 6.92 Å². The van der Waals surface area contributed by atoms with Crippen LogP contribution in [0.1, 0.15) is 25.6 Å². The van der Waals surface area contributed by atoms with Crippen LogP contribution in [0.3, 0.4) is 0 Å². The van der Waals surface area contributed by atoms with Gasteiger partial charge in [-0.05, 0) is 20.8 Å². The summed E-state index contributed by atoms with van der Waals surface area (Å²) < 4.78 is 1.33. The van der Waals surface area contributed by atoms with Crippen LogP contribution >= 0.6 is 0 Å². The molecule has 0 aromatic carbocycles. The molecule has 5 nitrogen and oxygen atoms in total. The first kappa shape index (κ1) is 11.4. The largest absolute Gasteiger partial charge is 0.382 e. The van der Waals surface area contributed by atoms with Gasteiger partial charge in [-0.15, -0.1) is 0 Å². The maximum atomic E-state index is 11.9. The molecule has 5 heteroatoms. The Morgan fingerprint density at radius 2 is 2.20 bits per heavy atom. The van der Waals surface area contributed by atoms with Crippen molar-refractivity contribution < 1.29 is 4.79 Å². The minimum Gasteiger partial charge on any atom is -0.382 e. The van der Waals surface area contributed by atoms with Crippen LogP contribution in [0.25, 0.3) is 0 Å². The predicted octanol–water partition coefficient (Wildman–Crippen LogP) is 0.743. The smallest absolute Gasteiger partial charge is 0.277 e. The Kier molecular flexibility index (Phi) is 3.24. The van der Waals surface area contributed by atoms with Crippen LogP contribution in [0.2, 0.25) is 0 Å². The van der Waals surface area contributed by atoms with Crippen LogP contribution in [0.5, 0.6) is 0 Å². The Morgan fingerprint density at radius 1 is 1.60 bits per heavy atom. The number of carbonyl (C=O) groups is 1. The molecule has 0 aliphatic carbocycles. The molecular weight excluding hydrogens is 194 g/mol. The van der Waals surface area contributed by atoms with Gasteiger partial charge in [-0.25, -0.2) is 4.98 Å². The summed E-state index contributed by atoms with van der Waals surface area (Å²) in [7, 11) is 1.66. The maximum absolute atomic E-state index is 11.9. The van der Waals surface area contributed by atoms with Crippen molar-refractivity contribution in [3.63, 3.8) is 0 Å². The van der Waals surface area contributed by atoms with Crippen molar-refractivity contribution in [3.8, 4) is 0 Å². The second kappa shape index (κ2) is 4.25. The highest BCUT2D eigenvalue weighted by molar-refractivity contribution is 5.79. The summed E-state index contributed by atoms with van der Waals surface area (Å²) in [6.45, 7) is 4.88. The standard InChI is InChI=1S/C10H15N3O2/c1-6-9(11-4)10(15)13(5-12-6)7(2)8(3)14/h5,7,11H,1-4H3. The van der Waals surface area contributed by atoms with Gasteiger partial charge in [0.15, 0.2) is 5.78 Å². The third kappa shape index (κ3) is 2.06. The molecule has 0 aliphatic heterocycles. The number of carbonyl (C=O) groups excluding carboxylic acids is 1. The zero-order valence-electron chi connectivity index (χ0n) is 9.37. The van der Waals surface area contributed by atoms with Crippen LogP contribution in [-0.2, 0) is 4.79 Å². The third-order valence-corrected chi connectivity index (χ3v) is 2.44. The van der Waals surface area contributed by atoms with Gasteiger partial charge in [0.1, 0.15) is 5.69 Å². The number of hydrogen-bond acceptors (Lipinski definition) is 4. The highest BCUT2D eigenvalue weighted by atomic mass is 16.1. The van der Waals surface area contributed by atoms with E-state index in [-0.39, 0.29) is 11.3 Å². The van der Waals surface area contributed by atoms with Crippen LogP contribution in [0.4, 0.5) is 5.69 Å². The molecule has 1 rings (SSSR count). The second-order valence-electron chi connectivity index (χ2n) is 3.45. The van der Waals surface area contributed by atoms with E-state index in [2.05, 4.69) is 10.3 Å². The Hall–Kier alpha value is -1.65. The molecule has 1 atom stereocenters. The molecule has 0 bridgehead atoms. The SMILES string of the molecule is CNc1c(C)ncn(C(C)C(C)=O)c1=O. The number of nitrogens with zero attached hydrogens (tertiary/aromatic N) is 2. The Labute approximate surface area is 88.1 Å². The molecule has 82 valence electrons. The fraction of sp³-hybridized carbons (Fsp3) is 0.500. The molecule has 1 aromatic rings. The zero-order chi connectivity index (χ0) is 11.6. The number of anilines is 1. The number of hydrogen-bond donors (Lipinski definition) is 1. The number of nitrogens with one attached hydrogen (secondary N) is 1. The summed E-state index contributed by atoms with van der Waals surface area (Å²) in [6.07, 6.45) is 1.41. The van der Waals surface area contributed by atoms with Gasteiger partial charge in [0, 0.05) is 7.05 Å². The molecular formula is C10H15N3O2. The average Bonchev–Trinajstić information content (AvgIpc) is 2.17. The van der Waals surface area contributed by atoms with Gasteiger partial charge in [0.05, 0.1) is 18.1 Å². The fourth-order valence-corrected chi connectivity index (χ4v) is 1.31. The lowest BCUT2D eigenvalue weighted by Gasteiger charge is -2.13. The molecule has 15 heavy (non-hydrogen) atoms. The number of aromatic nitrogens is 2. The molecule has 0 saturated heterocycles. The lowest BCUT2D eigenvalue weighted by Crippen LogP contribution is -2.29. The Morgan fingerprint density at radius 3 is 2.67 bits per heavy atom. The predicted molar refractivity (Wildman–Crippen MR) is 58.2 cm³/mol. The van der Waals surface area contributed by atoms with Gasteiger partial charge in [-0.1, -0.05) is 0 Å². The quantitative estimate of drug-likeness (QED) is 0.797. The van der Waals surface area contributed by atoms with Crippen LogP contribution in [-0.4, -0.2) is 22.4 Å². The highest BCUT2D eigenvalue weighted by Gasteiger charge is 2.14. The van der Waals surface area contributed by atoms with Crippen molar-refractivity contribution in [1.29, 1.82) is 0 Å². The van der Waals surface area contributed by atoms with Crippen molar-refractivity contribution in [1.82, 2.24) is 9.55 Å². The topological polar surface area (TPSA) is 64.0 Å². The van der Waals surface area contributed by atoms with Gasteiger partial charge in [-0.2, -0.15) is 0 Å². The average molecular weight is 209 g/mol. The van der Waals surface area contributed by atoms with Crippen LogP contribution < -0.4 is 10.9 Å². The summed E-state index contributed by atoms with van der Waals surface area (Å²) in [5.41, 5.74) is 0.854. The van der Waals surface area contributed by atoms with Crippen LogP contribution in [0.15, 0.2) is 11.1 Å². The van der Waals surface area contributed by atoms with Crippen molar-refractivity contribution in [2.45, 2.75) is 26.8 Å². The normalized spacial score (nSPS) is 12.3. The molecule has 0 fully saturated rings. The molecule has 1 aromatic heterocycles. The molecule has 0 saturated carbocycles. The summed E-state index contributed by atoms with van der Waals surface area (Å²) in [5.74, 6) is -0.0650. The first-order valence-corrected chi connectivity index (χ1v) is 4.75. The first-order chi connectivity index (χ1) is 6.99. The van der Waals surface area contributed by atoms with Crippen molar-refractivity contribution >= 4 is 11.5 Å². The van der Waals surface area contributed by atoms with E-state index in [0.29, 0.717) is 11.4 Å². The van der Waals surface area contributed by atoms with Gasteiger partial charge in [0.25, 0.3) is 5.56 Å². The monoisotopic (exact) mass is 209 g/mol. The summed E-state index contributed by atoms with van der Waals surface area (Å²) in [6, 6.07) is -0.474. The van der Waals surface area contributed by atoms with E-state index in [0.717, 1.165) is 0 Å². The summed E-state index contributed by atoms with van der Waals surface area (Å²) in [4.78, 5) is 27.1. The lowest BCUT2D eigenvalue weighted by molar-refractivity contribution is -0.119. The minimum absolute atomic E-state index is 0.0650. The molecule has 1 N–H and O–H groups in total. The third-order valence-electron chi connectivity index (χ3n) is 2.44. The first-order valence-electron chi connectivity index (χ1n) is 4.75.